The maximum Gasteiger partial charge on any atom is 0.422 e. The van der Waals surface area contributed by atoms with Crippen LogP contribution in [0.4, 0.5) is 18.9 Å². The number of nitrogen functional groups attached to an aromatic ring is 1. The van der Waals surface area contributed by atoms with E-state index < -0.39 is 24.4 Å². The molecule has 0 aliphatic rings. The van der Waals surface area contributed by atoms with Gasteiger partial charge in [0.2, 0.25) is 0 Å². The van der Waals surface area contributed by atoms with Gasteiger partial charge in [-0.25, -0.2) is 4.79 Å². The zero-order valence-electron chi connectivity index (χ0n) is 11.4. The number of alkyl halides is 3. The molecule has 0 aliphatic heterocycles. The van der Waals surface area contributed by atoms with Crippen molar-refractivity contribution < 1.29 is 27.4 Å². The van der Waals surface area contributed by atoms with Gasteiger partial charge < -0.3 is 15.2 Å². The van der Waals surface area contributed by atoms with Crippen LogP contribution < -0.4 is 10.5 Å². The van der Waals surface area contributed by atoms with Crippen molar-refractivity contribution in [1.82, 2.24) is 0 Å². The summed E-state index contributed by atoms with van der Waals surface area (Å²) in [5, 5.41) is 0. The largest absolute Gasteiger partial charge is 0.483 e. The van der Waals surface area contributed by atoms with Crippen molar-refractivity contribution in [3.05, 3.63) is 23.8 Å². The topological polar surface area (TPSA) is 61.5 Å². The molecule has 0 amide bonds. The molecule has 0 atom stereocenters. The summed E-state index contributed by atoms with van der Waals surface area (Å²) in [6, 6.07) is 3.78. The molecule has 2 N–H and O–H groups in total. The van der Waals surface area contributed by atoms with Crippen LogP contribution in [0.3, 0.4) is 0 Å². The number of anilines is 1. The molecule has 0 aliphatic carbocycles. The van der Waals surface area contributed by atoms with E-state index in [0.29, 0.717) is 0 Å². The highest BCUT2D eigenvalue weighted by Crippen LogP contribution is 2.26. The Kier molecular flexibility index (Phi) is 4.52. The van der Waals surface area contributed by atoms with E-state index in [0.717, 1.165) is 0 Å². The number of carbonyl (C=O) groups is 1. The Morgan fingerprint density at radius 3 is 2.35 bits per heavy atom. The lowest BCUT2D eigenvalue weighted by atomic mass is 10.1. The van der Waals surface area contributed by atoms with E-state index in [-0.39, 0.29) is 17.0 Å². The first-order valence-corrected chi connectivity index (χ1v) is 5.80. The zero-order valence-corrected chi connectivity index (χ0v) is 11.4. The maximum absolute atomic E-state index is 12.2. The third-order valence-electron chi connectivity index (χ3n) is 2.01. The minimum atomic E-state index is -4.49. The number of hydrogen-bond donors (Lipinski definition) is 1. The molecule has 0 fully saturated rings. The second-order valence-electron chi connectivity index (χ2n) is 5.16. The summed E-state index contributed by atoms with van der Waals surface area (Å²) < 4.78 is 46.2. The summed E-state index contributed by atoms with van der Waals surface area (Å²) in [4.78, 5) is 11.9. The smallest absolute Gasteiger partial charge is 0.422 e. The average Bonchev–Trinajstić information content (AvgIpc) is 2.23. The van der Waals surface area contributed by atoms with Crippen LogP contribution in [0.15, 0.2) is 18.2 Å². The lowest BCUT2D eigenvalue weighted by Gasteiger charge is -2.21. The van der Waals surface area contributed by atoms with Crippen molar-refractivity contribution in [1.29, 1.82) is 0 Å². The van der Waals surface area contributed by atoms with Crippen LogP contribution in [-0.2, 0) is 4.74 Å². The number of benzene rings is 1. The Hall–Kier alpha value is -1.92. The molecule has 7 heteroatoms. The van der Waals surface area contributed by atoms with Gasteiger partial charge in [0.25, 0.3) is 0 Å². The summed E-state index contributed by atoms with van der Waals surface area (Å²) in [5.74, 6) is -1.01. The number of halogens is 3. The highest BCUT2D eigenvalue weighted by atomic mass is 19.4. The lowest BCUT2D eigenvalue weighted by Crippen LogP contribution is -2.25. The number of nitrogens with two attached hydrogens (primary N) is 1. The van der Waals surface area contributed by atoms with E-state index in [4.69, 9.17) is 10.5 Å². The van der Waals surface area contributed by atoms with Gasteiger partial charge in [-0.05, 0) is 39.0 Å². The molecular weight excluding hydrogens is 275 g/mol. The Bertz CT molecular complexity index is 493. The van der Waals surface area contributed by atoms with E-state index in [1.165, 1.54) is 18.2 Å². The molecule has 0 saturated heterocycles. The molecule has 4 nitrogen and oxygen atoms in total. The number of esters is 1. The Labute approximate surface area is 114 Å². The van der Waals surface area contributed by atoms with Crippen LogP contribution >= 0.6 is 0 Å². The van der Waals surface area contributed by atoms with Gasteiger partial charge in [0.05, 0.1) is 0 Å². The summed E-state index contributed by atoms with van der Waals surface area (Å²) in [5.41, 5.74) is 4.84. The van der Waals surface area contributed by atoms with Crippen molar-refractivity contribution in [2.45, 2.75) is 32.5 Å². The molecule has 0 spiro atoms. The second kappa shape index (κ2) is 5.60. The molecule has 0 unspecified atom stereocenters. The summed E-state index contributed by atoms with van der Waals surface area (Å²) in [6.45, 7) is 3.45. The fourth-order valence-corrected chi connectivity index (χ4v) is 1.33. The SMILES string of the molecule is CC(C)(C)OC(=O)c1cc(N)ccc1OCC(F)(F)F. The third-order valence-corrected chi connectivity index (χ3v) is 2.01. The minimum absolute atomic E-state index is 0.135. The maximum atomic E-state index is 12.2. The quantitative estimate of drug-likeness (QED) is 0.686. The number of carbonyl (C=O) groups excluding carboxylic acids is 1. The molecule has 0 bridgehead atoms. The number of hydrogen-bond acceptors (Lipinski definition) is 4. The summed E-state index contributed by atoms with van der Waals surface area (Å²) >= 11 is 0. The molecule has 0 radical (unpaired) electrons. The van der Waals surface area contributed by atoms with Crippen LogP contribution in [0.1, 0.15) is 31.1 Å². The van der Waals surface area contributed by atoms with Crippen molar-refractivity contribution in [2.75, 3.05) is 12.3 Å². The van der Waals surface area contributed by atoms with Gasteiger partial charge in [-0.1, -0.05) is 0 Å². The first kappa shape index (κ1) is 16.1. The van der Waals surface area contributed by atoms with Crippen LogP contribution in [-0.4, -0.2) is 24.4 Å². The highest BCUT2D eigenvalue weighted by Gasteiger charge is 2.30. The van der Waals surface area contributed by atoms with E-state index in [9.17, 15) is 18.0 Å². The molecule has 1 rings (SSSR count). The first-order valence-electron chi connectivity index (χ1n) is 5.80. The standard InChI is InChI=1S/C13H16F3NO3/c1-12(2,3)20-11(18)9-6-8(17)4-5-10(9)19-7-13(14,15)16/h4-6H,7,17H2,1-3H3. The van der Waals surface area contributed by atoms with Gasteiger partial charge >= 0.3 is 12.1 Å². The molecular formula is C13H16F3NO3. The number of rotatable bonds is 3. The van der Waals surface area contributed by atoms with Crippen LogP contribution in [0.2, 0.25) is 0 Å². The van der Waals surface area contributed by atoms with E-state index >= 15 is 0 Å². The van der Waals surface area contributed by atoms with Gasteiger partial charge in [0, 0.05) is 5.69 Å². The average molecular weight is 291 g/mol. The van der Waals surface area contributed by atoms with Gasteiger partial charge in [-0.15, -0.1) is 0 Å². The Balaban J connectivity index is 2.99. The molecule has 0 aromatic heterocycles. The van der Waals surface area contributed by atoms with Crippen molar-refractivity contribution in [3.8, 4) is 5.75 Å². The molecule has 20 heavy (non-hydrogen) atoms. The predicted molar refractivity (Wildman–Crippen MR) is 67.6 cm³/mol. The van der Waals surface area contributed by atoms with Gasteiger partial charge in [0.1, 0.15) is 16.9 Å². The fourth-order valence-electron chi connectivity index (χ4n) is 1.33. The lowest BCUT2D eigenvalue weighted by molar-refractivity contribution is -0.153. The molecule has 112 valence electrons. The normalized spacial score (nSPS) is 12.1. The number of ether oxygens (including phenoxy) is 2. The monoisotopic (exact) mass is 291 g/mol. The third kappa shape index (κ3) is 5.38. The van der Waals surface area contributed by atoms with E-state index in [1.54, 1.807) is 20.8 Å². The van der Waals surface area contributed by atoms with Crippen molar-refractivity contribution >= 4 is 11.7 Å². The highest BCUT2D eigenvalue weighted by molar-refractivity contribution is 5.93. The van der Waals surface area contributed by atoms with E-state index in [1.807, 2.05) is 0 Å². The van der Waals surface area contributed by atoms with Gasteiger partial charge in [0.15, 0.2) is 6.61 Å². The molecule has 1 aromatic rings. The fraction of sp³-hybridized carbons (Fsp3) is 0.462. The Morgan fingerprint density at radius 1 is 1.25 bits per heavy atom. The summed E-state index contributed by atoms with van der Waals surface area (Å²) in [6.07, 6.45) is -4.49. The van der Waals surface area contributed by atoms with Crippen molar-refractivity contribution in [2.24, 2.45) is 0 Å². The van der Waals surface area contributed by atoms with Crippen molar-refractivity contribution in [3.63, 3.8) is 0 Å². The van der Waals surface area contributed by atoms with Gasteiger partial charge in [-0.3, -0.25) is 0 Å². The molecule has 0 saturated carbocycles. The van der Waals surface area contributed by atoms with E-state index in [2.05, 4.69) is 4.74 Å². The van der Waals surface area contributed by atoms with Crippen LogP contribution in [0.5, 0.6) is 5.75 Å². The van der Waals surface area contributed by atoms with Gasteiger partial charge in [-0.2, -0.15) is 13.2 Å². The first-order chi connectivity index (χ1) is 8.98. The minimum Gasteiger partial charge on any atom is -0.483 e. The van der Waals surface area contributed by atoms with Crippen LogP contribution in [0, 0.1) is 0 Å². The zero-order chi connectivity index (χ0) is 15.6. The second-order valence-corrected chi connectivity index (χ2v) is 5.16. The molecule has 1 aromatic carbocycles. The summed E-state index contributed by atoms with van der Waals surface area (Å²) in [7, 11) is 0. The molecule has 0 heterocycles. The van der Waals surface area contributed by atoms with Crippen LogP contribution in [0.25, 0.3) is 0 Å². The predicted octanol–water partition coefficient (Wildman–Crippen LogP) is 3.17. The Morgan fingerprint density at radius 2 is 1.85 bits per heavy atom.